The summed E-state index contributed by atoms with van der Waals surface area (Å²) >= 11 is -0.826. The SMILES string of the molecule is C1CCC2C(C1)CC1CCC3C(CCC12)CC1CCCCC13.[CH3-].[CH3-].[Cl][Zr+2][Cl]. The Kier molecular flexibility index (Phi) is 10.8. The molecule has 5 aliphatic carbocycles. The van der Waals surface area contributed by atoms with E-state index in [1.807, 2.05) is 0 Å². The third kappa shape index (κ3) is 5.39. The van der Waals surface area contributed by atoms with Crippen molar-refractivity contribution >= 4 is 17.0 Å². The summed E-state index contributed by atoms with van der Waals surface area (Å²) in [4.78, 5) is 0. The van der Waals surface area contributed by atoms with Crippen LogP contribution in [0.2, 0.25) is 0 Å². The summed E-state index contributed by atoms with van der Waals surface area (Å²) in [7, 11) is 9.87. The van der Waals surface area contributed by atoms with Gasteiger partial charge in [0.15, 0.2) is 0 Å². The third-order valence-electron chi connectivity index (χ3n) is 9.20. The van der Waals surface area contributed by atoms with Crippen LogP contribution in [0.1, 0.15) is 89.9 Å². The Labute approximate surface area is 189 Å². The van der Waals surface area contributed by atoms with Crippen molar-refractivity contribution in [2.45, 2.75) is 89.9 Å². The average Bonchev–Trinajstić information content (AvgIpc) is 3.14. The first-order valence-corrected chi connectivity index (χ1v) is 17.6. The fourth-order valence-corrected chi connectivity index (χ4v) is 8.39. The summed E-state index contributed by atoms with van der Waals surface area (Å²) in [5, 5.41) is 0. The molecule has 0 N–H and O–H groups in total. The van der Waals surface area contributed by atoms with Crippen molar-refractivity contribution in [2.75, 3.05) is 0 Å². The summed E-state index contributed by atoms with van der Waals surface area (Å²) < 4.78 is 0. The second kappa shape index (κ2) is 11.7. The predicted octanol–water partition coefficient (Wildman–Crippen LogP) is 8.72. The van der Waals surface area contributed by atoms with Crippen LogP contribution >= 0.6 is 17.0 Å². The van der Waals surface area contributed by atoms with E-state index in [4.69, 9.17) is 17.0 Å². The second-order valence-electron chi connectivity index (χ2n) is 9.96. The molecule has 8 atom stereocenters. The van der Waals surface area contributed by atoms with Gasteiger partial charge in [0.1, 0.15) is 0 Å². The normalized spacial score (nSPS) is 44.8. The van der Waals surface area contributed by atoms with E-state index in [9.17, 15) is 0 Å². The first kappa shape index (κ1) is 24.7. The standard InChI is InChI=1S/C22H36.2CH3.2ClH.Zr/c1-3-7-19-15(5-1)13-17-9-12-22-18(10-11-21(17)19)14-16-6-2-4-8-20(16)22;;;;;/h15-22H,1-14H2;2*1H3;2*1H;/q;2*-1;;;+4/p-2. The Morgan fingerprint density at radius 3 is 1.15 bits per heavy atom. The van der Waals surface area contributed by atoms with Crippen molar-refractivity contribution in [3.8, 4) is 0 Å². The summed E-state index contributed by atoms with van der Waals surface area (Å²) in [6, 6.07) is 0. The quantitative estimate of drug-likeness (QED) is 0.297. The van der Waals surface area contributed by atoms with Gasteiger partial charge in [0.05, 0.1) is 0 Å². The minimum absolute atomic E-state index is 0. The Morgan fingerprint density at radius 1 is 0.444 bits per heavy atom. The average molecular weight is 493 g/mol. The third-order valence-corrected chi connectivity index (χ3v) is 9.20. The zero-order chi connectivity index (χ0) is 17.2. The molecule has 156 valence electrons. The Bertz CT molecular complexity index is 391. The number of hydrogen-bond donors (Lipinski definition) is 0. The molecule has 0 saturated heterocycles. The molecule has 0 nitrogen and oxygen atoms in total. The zero-order valence-corrected chi connectivity index (χ0v) is 21.7. The van der Waals surface area contributed by atoms with Gasteiger partial charge in [-0.3, -0.25) is 0 Å². The molecule has 0 aromatic carbocycles. The van der Waals surface area contributed by atoms with Gasteiger partial charge in [0.25, 0.3) is 0 Å². The molecule has 27 heavy (non-hydrogen) atoms. The van der Waals surface area contributed by atoms with Gasteiger partial charge in [-0.15, -0.1) is 0 Å². The van der Waals surface area contributed by atoms with Crippen LogP contribution < -0.4 is 0 Å². The van der Waals surface area contributed by atoms with Crippen molar-refractivity contribution in [2.24, 2.45) is 47.3 Å². The Hall–Kier alpha value is 1.46. The fourth-order valence-electron chi connectivity index (χ4n) is 8.39. The topological polar surface area (TPSA) is 0 Å². The maximum absolute atomic E-state index is 4.93. The van der Waals surface area contributed by atoms with Crippen molar-refractivity contribution in [3.05, 3.63) is 14.9 Å². The summed E-state index contributed by atoms with van der Waals surface area (Å²) in [6.07, 6.45) is 22.4. The van der Waals surface area contributed by atoms with Gasteiger partial charge in [-0.25, -0.2) is 0 Å². The molecule has 5 fully saturated rings. The first-order valence-electron chi connectivity index (χ1n) is 11.3. The molecule has 5 rings (SSSR count). The van der Waals surface area contributed by atoms with Gasteiger partial charge in [-0.2, -0.15) is 0 Å². The molecule has 8 unspecified atom stereocenters. The molecule has 0 aliphatic heterocycles. The molecule has 0 heterocycles. The monoisotopic (exact) mass is 490 g/mol. The van der Waals surface area contributed by atoms with Gasteiger partial charge in [0, 0.05) is 0 Å². The van der Waals surface area contributed by atoms with E-state index in [1.54, 1.807) is 89.9 Å². The minimum atomic E-state index is -0.826. The van der Waals surface area contributed by atoms with E-state index in [1.165, 1.54) is 11.8 Å². The van der Waals surface area contributed by atoms with Crippen LogP contribution in [0.4, 0.5) is 0 Å². The van der Waals surface area contributed by atoms with E-state index < -0.39 is 20.8 Å². The summed E-state index contributed by atoms with van der Waals surface area (Å²) in [5.41, 5.74) is 0. The molecule has 0 aromatic heterocycles. The van der Waals surface area contributed by atoms with Crippen LogP contribution in [0.25, 0.3) is 0 Å². The first-order chi connectivity index (χ1) is 12.3. The van der Waals surface area contributed by atoms with E-state index in [-0.39, 0.29) is 14.9 Å². The second-order valence-corrected chi connectivity index (χ2v) is 13.7. The number of halogens is 2. The van der Waals surface area contributed by atoms with Crippen molar-refractivity contribution in [1.82, 2.24) is 0 Å². The van der Waals surface area contributed by atoms with E-state index in [2.05, 4.69) is 0 Å². The van der Waals surface area contributed by atoms with Crippen LogP contribution in [-0.4, -0.2) is 0 Å². The van der Waals surface area contributed by atoms with Crippen LogP contribution in [0.3, 0.4) is 0 Å². The summed E-state index contributed by atoms with van der Waals surface area (Å²) in [6.45, 7) is 0. The van der Waals surface area contributed by atoms with Gasteiger partial charge in [0.2, 0.25) is 0 Å². The van der Waals surface area contributed by atoms with Crippen molar-refractivity contribution in [3.63, 3.8) is 0 Å². The van der Waals surface area contributed by atoms with Crippen molar-refractivity contribution < 1.29 is 20.8 Å². The van der Waals surface area contributed by atoms with Gasteiger partial charge in [-0.1, -0.05) is 38.5 Å². The molecular weight excluding hydrogens is 450 g/mol. The van der Waals surface area contributed by atoms with Gasteiger partial charge >= 0.3 is 37.9 Å². The molecule has 5 saturated carbocycles. The molecule has 5 aliphatic rings. The molecule has 0 aromatic rings. The summed E-state index contributed by atoms with van der Waals surface area (Å²) in [5.74, 6) is 9.27. The zero-order valence-electron chi connectivity index (χ0n) is 17.8. The van der Waals surface area contributed by atoms with E-state index in [0.717, 1.165) is 35.5 Å². The van der Waals surface area contributed by atoms with Gasteiger partial charge in [-0.05, 0) is 98.7 Å². The molecule has 0 amide bonds. The van der Waals surface area contributed by atoms with Crippen LogP contribution in [0.15, 0.2) is 0 Å². The fraction of sp³-hybridized carbons (Fsp3) is 0.917. The molecule has 0 bridgehead atoms. The van der Waals surface area contributed by atoms with Crippen LogP contribution in [0, 0.1) is 62.2 Å². The van der Waals surface area contributed by atoms with Crippen LogP contribution in [-0.2, 0) is 20.8 Å². The number of rotatable bonds is 0. The van der Waals surface area contributed by atoms with E-state index >= 15 is 0 Å². The predicted molar refractivity (Wildman–Crippen MR) is 117 cm³/mol. The van der Waals surface area contributed by atoms with Crippen molar-refractivity contribution in [1.29, 1.82) is 0 Å². The van der Waals surface area contributed by atoms with E-state index in [0.29, 0.717) is 0 Å². The Morgan fingerprint density at radius 2 is 0.741 bits per heavy atom. The molecular formula is C24H42Cl2Zr. The maximum atomic E-state index is 4.93. The number of fused-ring (bicyclic) bond motifs is 6. The molecule has 0 radical (unpaired) electrons. The molecule has 0 spiro atoms. The van der Waals surface area contributed by atoms with Crippen LogP contribution in [0.5, 0.6) is 0 Å². The molecule has 3 heteroatoms. The number of hydrogen-bond acceptors (Lipinski definition) is 0. The Balaban J connectivity index is 0.000000493. The van der Waals surface area contributed by atoms with Gasteiger partial charge < -0.3 is 14.9 Å².